The fourth-order valence-corrected chi connectivity index (χ4v) is 0.847. The molecule has 0 unspecified atom stereocenters. The van der Waals surface area contributed by atoms with Gasteiger partial charge in [-0.2, -0.15) is 0 Å². The monoisotopic (exact) mass is 164 g/mol. The largest absolute Gasteiger partial charge is 0.294 e. The summed E-state index contributed by atoms with van der Waals surface area (Å²) >= 11 is 0. The molecule has 0 N–H and O–H groups in total. The molecule has 0 spiro atoms. The van der Waals surface area contributed by atoms with E-state index in [1.54, 1.807) is 6.92 Å². The molecule has 0 saturated heterocycles. The van der Waals surface area contributed by atoms with E-state index in [4.69, 9.17) is 0 Å². The van der Waals surface area contributed by atoms with Crippen molar-refractivity contribution in [3.05, 3.63) is 36.5 Å². The highest BCUT2D eigenvalue weighted by Crippen LogP contribution is 2.07. The number of ketones is 2. The highest BCUT2D eigenvalue weighted by Gasteiger charge is 2.08. The van der Waals surface area contributed by atoms with E-state index in [0.29, 0.717) is 11.1 Å². The lowest BCUT2D eigenvalue weighted by Crippen LogP contribution is -2.03. The standard InChI is InChI=1S/C10H12O2/c1-5-9(8(4)11)7(3)10(12)6-2/h5-6H,1-2H2,3-4H3/b9-7-. The molecule has 0 aromatic carbocycles. The Morgan fingerprint density at radius 2 is 1.58 bits per heavy atom. The first-order chi connectivity index (χ1) is 5.54. The number of carbonyl (C=O) groups is 2. The van der Waals surface area contributed by atoms with Crippen molar-refractivity contribution in [3.63, 3.8) is 0 Å². The van der Waals surface area contributed by atoms with Crippen LogP contribution in [0.25, 0.3) is 0 Å². The second kappa shape index (κ2) is 4.44. The van der Waals surface area contributed by atoms with Gasteiger partial charge in [-0.15, -0.1) is 0 Å². The molecule has 0 radical (unpaired) electrons. The molecule has 12 heavy (non-hydrogen) atoms. The van der Waals surface area contributed by atoms with Gasteiger partial charge < -0.3 is 0 Å². The van der Waals surface area contributed by atoms with Crippen LogP contribution in [-0.2, 0) is 9.59 Å². The Bertz CT molecular complexity index is 270. The Kier molecular flexibility index (Phi) is 3.91. The minimum atomic E-state index is -0.236. The maximum atomic E-state index is 11.0. The average Bonchev–Trinajstić information content (AvgIpc) is 2.03. The van der Waals surface area contributed by atoms with Gasteiger partial charge in [0.2, 0.25) is 0 Å². The number of Topliss-reactive ketones (excluding diaryl/α,β-unsaturated/α-hetero) is 1. The molecular weight excluding hydrogens is 152 g/mol. The van der Waals surface area contributed by atoms with Gasteiger partial charge in [-0.05, 0) is 19.9 Å². The van der Waals surface area contributed by atoms with E-state index in [0.717, 1.165) is 0 Å². The van der Waals surface area contributed by atoms with Crippen LogP contribution in [0.5, 0.6) is 0 Å². The van der Waals surface area contributed by atoms with Crippen molar-refractivity contribution in [2.24, 2.45) is 0 Å². The Hall–Kier alpha value is -1.44. The van der Waals surface area contributed by atoms with Crippen LogP contribution < -0.4 is 0 Å². The van der Waals surface area contributed by atoms with E-state index in [1.807, 2.05) is 0 Å². The third kappa shape index (κ3) is 2.31. The quantitative estimate of drug-likeness (QED) is 0.469. The molecule has 0 fully saturated rings. The van der Waals surface area contributed by atoms with Crippen molar-refractivity contribution in [2.75, 3.05) is 0 Å². The van der Waals surface area contributed by atoms with Crippen LogP contribution in [0.15, 0.2) is 36.5 Å². The minimum Gasteiger partial charge on any atom is -0.294 e. The summed E-state index contributed by atoms with van der Waals surface area (Å²) in [6, 6.07) is 0. The van der Waals surface area contributed by atoms with Gasteiger partial charge in [-0.25, -0.2) is 0 Å². The number of carbonyl (C=O) groups excluding carboxylic acids is 2. The second-order valence-electron chi connectivity index (χ2n) is 2.37. The normalized spacial score (nSPS) is 11.5. The van der Waals surface area contributed by atoms with E-state index in [-0.39, 0.29) is 11.6 Å². The van der Waals surface area contributed by atoms with Crippen LogP contribution in [0.4, 0.5) is 0 Å². The highest BCUT2D eigenvalue weighted by atomic mass is 16.1. The van der Waals surface area contributed by atoms with E-state index in [2.05, 4.69) is 13.2 Å². The molecule has 64 valence electrons. The zero-order valence-electron chi connectivity index (χ0n) is 7.39. The minimum absolute atomic E-state index is 0.155. The SMILES string of the molecule is C=CC(=O)/C(C)=C(/C=C)C(C)=O. The lowest BCUT2D eigenvalue weighted by atomic mass is 10.0. The lowest BCUT2D eigenvalue weighted by molar-refractivity contribution is -0.115. The molecule has 0 aromatic rings. The molecule has 2 heteroatoms. The zero-order valence-corrected chi connectivity index (χ0v) is 7.39. The fourth-order valence-electron chi connectivity index (χ4n) is 0.847. The van der Waals surface area contributed by atoms with E-state index in [9.17, 15) is 9.59 Å². The maximum Gasteiger partial charge on any atom is 0.181 e. The molecule has 0 saturated carbocycles. The summed E-state index contributed by atoms with van der Waals surface area (Å²) in [5.74, 6) is -0.391. The van der Waals surface area contributed by atoms with Gasteiger partial charge in [0.25, 0.3) is 0 Å². The van der Waals surface area contributed by atoms with Crippen molar-refractivity contribution in [2.45, 2.75) is 13.8 Å². The van der Waals surface area contributed by atoms with Crippen molar-refractivity contribution in [1.82, 2.24) is 0 Å². The summed E-state index contributed by atoms with van der Waals surface area (Å²) in [6.45, 7) is 9.77. The van der Waals surface area contributed by atoms with Crippen LogP contribution >= 0.6 is 0 Å². The van der Waals surface area contributed by atoms with E-state index >= 15 is 0 Å². The van der Waals surface area contributed by atoms with Gasteiger partial charge in [0, 0.05) is 11.1 Å². The molecule has 0 atom stereocenters. The summed E-state index contributed by atoms with van der Waals surface area (Å²) in [6.07, 6.45) is 2.57. The molecule has 0 aromatic heterocycles. The molecule has 0 aliphatic heterocycles. The van der Waals surface area contributed by atoms with Crippen LogP contribution in [0.1, 0.15) is 13.8 Å². The molecule has 2 nitrogen and oxygen atoms in total. The third-order valence-corrected chi connectivity index (χ3v) is 1.54. The van der Waals surface area contributed by atoms with Gasteiger partial charge in [-0.3, -0.25) is 9.59 Å². The summed E-state index contributed by atoms with van der Waals surface area (Å²) < 4.78 is 0. The smallest absolute Gasteiger partial charge is 0.181 e. The molecule has 0 aliphatic rings. The van der Waals surface area contributed by atoms with Gasteiger partial charge >= 0.3 is 0 Å². The lowest BCUT2D eigenvalue weighted by Gasteiger charge is -2.00. The fraction of sp³-hybridized carbons (Fsp3) is 0.200. The molecule has 0 rings (SSSR count). The molecule has 0 bridgehead atoms. The predicted octanol–water partition coefficient (Wildman–Crippen LogP) is 1.83. The van der Waals surface area contributed by atoms with Crippen LogP contribution in [-0.4, -0.2) is 11.6 Å². The maximum absolute atomic E-state index is 11.0. The molecule has 0 heterocycles. The third-order valence-electron chi connectivity index (χ3n) is 1.54. The van der Waals surface area contributed by atoms with Crippen molar-refractivity contribution < 1.29 is 9.59 Å². The van der Waals surface area contributed by atoms with Gasteiger partial charge in [0.1, 0.15) is 0 Å². The molecular formula is C10H12O2. The Morgan fingerprint density at radius 3 is 1.83 bits per heavy atom. The average molecular weight is 164 g/mol. The second-order valence-corrected chi connectivity index (χ2v) is 2.37. The first kappa shape index (κ1) is 10.6. The number of allylic oxidation sites excluding steroid dienone is 4. The first-order valence-electron chi connectivity index (χ1n) is 3.55. The van der Waals surface area contributed by atoms with Gasteiger partial charge in [0.15, 0.2) is 11.6 Å². The summed E-state index contributed by atoms with van der Waals surface area (Å²) in [5.41, 5.74) is 0.757. The van der Waals surface area contributed by atoms with E-state index in [1.165, 1.54) is 19.1 Å². The van der Waals surface area contributed by atoms with Crippen molar-refractivity contribution >= 4 is 11.6 Å². The number of hydrogen-bond donors (Lipinski definition) is 0. The summed E-state index contributed by atoms with van der Waals surface area (Å²) in [7, 11) is 0. The van der Waals surface area contributed by atoms with Crippen LogP contribution in [0, 0.1) is 0 Å². The zero-order chi connectivity index (χ0) is 9.72. The first-order valence-corrected chi connectivity index (χ1v) is 3.55. The van der Waals surface area contributed by atoms with Crippen molar-refractivity contribution in [3.8, 4) is 0 Å². The van der Waals surface area contributed by atoms with E-state index < -0.39 is 0 Å². The number of rotatable bonds is 4. The summed E-state index contributed by atoms with van der Waals surface area (Å²) in [5, 5.41) is 0. The Balaban J connectivity index is 5.10. The van der Waals surface area contributed by atoms with Gasteiger partial charge in [-0.1, -0.05) is 19.2 Å². The Labute approximate surface area is 72.3 Å². The predicted molar refractivity (Wildman–Crippen MR) is 48.8 cm³/mol. The van der Waals surface area contributed by atoms with Gasteiger partial charge in [0.05, 0.1) is 0 Å². The molecule has 0 amide bonds. The Morgan fingerprint density at radius 1 is 1.08 bits per heavy atom. The number of hydrogen-bond acceptors (Lipinski definition) is 2. The summed E-state index contributed by atoms with van der Waals surface area (Å²) in [4.78, 5) is 22.0. The molecule has 0 aliphatic carbocycles. The van der Waals surface area contributed by atoms with Crippen LogP contribution in [0.2, 0.25) is 0 Å². The highest BCUT2D eigenvalue weighted by molar-refractivity contribution is 6.10. The topological polar surface area (TPSA) is 34.1 Å². The van der Waals surface area contributed by atoms with Crippen LogP contribution in [0.3, 0.4) is 0 Å². The van der Waals surface area contributed by atoms with Crippen molar-refractivity contribution in [1.29, 1.82) is 0 Å².